The van der Waals surface area contributed by atoms with E-state index in [4.69, 9.17) is 21.5 Å². The molecule has 2 rings (SSSR count). The van der Waals surface area contributed by atoms with Gasteiger partial charge in [-0.25, -0.2) is 18.4 Å². The molecule has 0 aliphatic heterocycles. The predicted octanol–water partition coefficient (Wildman–Crippen LogP) is 1.70. The number of nitrogens with two attached hydrogens (primary N) is 1. The lowest BCUT2D eigenvalue weighted by Crippen LogP contribution is -2.25. The van der Waals surface area contributed by atoms with E-state index in [0.29, 0.717) is 0 Å². The van der Waals surface area contributed by atoms with Crippen molar-refractivity contribution in [3.8, 4) is 0 Å². The van der Waals surface area contributed by atoms with Crippen LogP contribution in [0.5, 0.6) is 0 Å². The molecule has 1 fully saturated rings. The first-order valence-corrected chi connectivity index (χ1v) is 7.33. The van der Waals surface area contributed by atoms with Crippen LogP contribution in [0.2, 0.25) is 5.02 Å². The molecular formula is C11H12ClNO4S. The topological polar surface area (TPSA) is 86.5 Å². The number of carbonyl (C=O) groups is 1. The molecule has 0 heterocycles. The average Bonchev–Trinajstić information content (AvgIpc) is 2.21. The fourth-order valence-corrected chi connectivity index (χ4v) is 2.44. The molecule has 1 aromatic carbocycles. The van der Waals surface area contributed by atoms with Crippen molar-refractivity contribution < 1.29 is 17.9 Å². The van der Waals surface area contributed by atoms with Crippen molar-refractivity contribution in [1.82, 2.24) is 0 Å². The Morgan fingerprint density at radius 3 is 2.50 bits per heavy atom. The van der Waals surface area contributed by atoms with E-state index in [0.717, 1.165) is 19.3 Å². The minimum atomic E-state index is -3.89. The molecule has 0 radical (unpaired) electrons. The van der Waals surface area contributed by atoms with Crippen molar-refractivity contribution >= 4 is 27.6 Å². The van der Waals surface area contributed by atoms with Crippen molar-refractivity contribution in [1.29, 1.82) is 0 Å². The van der Waals surface area contributed by atoms with Crippen LogP contribution in [0.25, 0.3) is 0 Å². The largest absolute Gasteiger partial charge is 0.459 e. The van der Waals surface area contributed by atoms with Crippen LogP contribution in [-0.2, 0) is 14.8 Å². The molecule has 0 aromatic heterocycles. The molecule has 18 heavy (non-hydrogen) atoms. The fourth-order valence-electron chi connectivity index (χ4n) is 1.55. The van der Waals surface area contributed by atoms with Gasteiger partial charge in [0.05, 0.1) is 10.5 Å². The Hall–Kier alpha value is -1.11. The maximum absolute atomic E-state index is 11.8. The summed E-state index contributed by atoms with van der Waals surface area (Å²) < 4.78 is 27.6. The summed E-state index contributed by atoms with van der Waals surface area (Å²) >= 11 is 5.76. The maximum Gasteiger partial charge on any atom is 0.338 e. The highest BCUT2D eigenvalue weighted by atomic mass is 35.5. The third-order valence-electron chi connectivity index (χ3n) is 2.76. The van der Waals surface area contributed by atoms with Gasteiger partial charge in [-0.2, -0.15) is 0 Å². The normalized spacial score (nSPS) is 16.1. The second-order valence-corrected chi connectivity index (χ2v) is 6.18. The predicted molar refractivity (Wildman–Crippen MR) is 65.9 cm³/mol. The maximum atomic E-state index is 11.8. The quantitative estimate of drug-likeness (QED) is 0.858. The average molecular weight is 290 g/mol. The molecule has 0 atom stereocenters. The zero-order valence-electron chi connectivity index (χ0n) is 9.43. The lowest BCUT2D eigenvalue weighted by atomic mass is 9.96. The molecule has 1 aromatic rings. The molecule has 0 amide bonds. The number of sulfonamides is 1. The van der Waals surface area contributed by atoms with Crippen molar-refractivity contribution in [2.24, 2.45) is 5.14 Å². The number of carbonyl (C=O) groups excluding carboxylic acids is 1. The number of rotatable bonds is 3. The molecule has 0 spiro atoms. The number of primary sulfonamides is 1. The summed E-state index contributed by atoms with van der Waals surface area (Å²) in [6, 6.07) is 3.72. The first-order chi connectivity index (χ1) is 8.36. The standard InChI is InChI=1S/C11H12ClNO4S/c12-8-4-7(5-10(6-8)18(13,15)16)11(14)17-9-2-1-3-9/h4-6,9H,1-3H2,(H2,13,15,16). The molecule has 7 heteroatoms. The van der Waals surface area contributed by atoms with Gasteiger partial charge in [-0.15, -0.1) is 0 Å². The Kier molecular flexibility index (Phi) is 3.61. The Morgan fingerprint density at radius 2 is 2.00 bits per heavy atom. The summed E-state index contributed by atoms with van der Waals surface area (Å²) in [6.07, 6.45) is 2.65. The number of esters is 1. The molecule has 2 N–H and O–H groups in total. The molecule has 1 saturated carbocycles. The lowest BCUT2D eigenvalue weighted by Gasteiger charge is -2.25. The van der Waals surface area contributed by atoms with Gasteiger partial charge in [-0.3, -0.25) is 0 Å². The highest BCUT2D eigenvalue weighted by Gasteiger charge is 2.23. The van der Waals surface area contributed by atoms with Crippen molar-refractivity contribution in [2.45, 2.75) is 30.3 Å². The summed E-state index contributed by atoms with van der Waals surface area (Å²) in [5, 5.41) is 5.12. The van der Waals surface area contributed by atoms with E-state index in [9.17, 15) is 13.2 Å². The molecule has 1 aliphatic rings. The Balaban J connectivity index is 2.27. The molecule has 1 aliphatic carbocycles. The molecule has 0 bridgehead atoms. The highest BCUT2D eigenvalue weighted by molar-refractivity contribution is 7.89. The summed E-state index contributed by atoms with van der Waals surface area (Å²) in [7, 11) is -3.89. The van der Waals surface area contributed by atoms with Gasteiger partial charge in [0.2, 0.25) is 10.0 Å². The zero-order chi connectivity index (χ0) is 13.3. The number of halogens is 1. The minimum Gasteiger partial charge on any atom is -0.459 e. The summed E-state index contributed by atoms with van der Waals surface area (Å²) in [5.41, 5.74) is 0.0958. The van der Waals surface area contributed by atoms with E-state index >= 15 is 0 Å². The van der Waals surface area contributed by atoms with Gasteiger partial charge in [-0.05, 0) is 37.5 Å². The smallest absolute Gasteiger partial charge is 0.338 e. The second kappa shape index (κ2) is 4.87. The molecule has 0 saturated heterocycles. The van der Waals surface area contributed by atoms with Gasteiger partial charge in [0.1, 0.15) is 6.10 Å². The van der Waals surface area contributed by atoms with E-state index in [1.165, 1.54) is 18.2 Å². The second-order valence-electron chi connectivity index (χ2n) is 4.18. The van der Waals surface area contributed by atoms with E-state index in [-0.39, 0.29) is 21.6 Å². The van der Waals surface area contributed by atoms with Gasteiger partial charge in [0.25, 0.3) is 0 Å². The minimum absolute atomic E-state index is 0.0746. The monoisotopic (exact) mass is 289 g/mol. The van der Waals surface area contributed by atoms with Crippen molar-refractivity contribution in [3.05, 3.63) is 28.8 Å². The van der Waals surface area contributed by atoms with Gasteiger partial charge in [0, 0.05) is 5.02 Å². The van der Waals surface area contributed by atoms with Gasteiger partial charge < -0.3 is 4.74 Å². The lowest BCUT2D eigenvalue weighted by molar-refractivity contribution is 0.00898. The Morgan fingerprint density at radius 1 is 1.33 bits per heavy atom. The summed E-state index contributed by atoms with van der Waals surface area (Å²) in [5.74, 6) is -0.577. The molecular weight excluding hydrogens is 278 g/mol. The van der Waals surface area contributed by atoms with Crippen LogP contribution in [0.3, 0.4) is 0 Å². The van der Waals surface area contributed by atoms with Crippen LogP contribution in [-0.4, -0.2) is 20.5 Å². The van der Waals surface area contributed by atoms with E-state index < -0.39 is 16.0 Å². The first kappa shape index (κ1) is 13.3. The van der Waals surface area contributed by atoms with E-state index in [2.05, 4.69) is 0 Å². The van der Waals surface area contributed by atoms with Crippen molar-refractivity contribution in [2.75, 3.05) is 0 Å². The summed E-state index contributed by atoms with van der Waals surface area (Å²) in [4.78, 5) is 11.6. The van der Waals surface area contributed by atoms with Gasteiger partial charge in [-0.1, -0.05) is 11.6 Å². The van der Waals surface area contributed by atoms with Crippen LogP contribution in [0.15, 0.2) is 23.1 Å². The van der Waals surface area contributed by atoms with Crippen LogP contribution >= 0.6 is 11.6 Å². The van der Waals surface area contributed by atoms with Crippen LogP contribution in [0.1, 0.15) is 29.6 Å². The molecule has 0 unspecified atom stereocenters. The number of hydrogen-bond acceptors (Lipinski definition) is 4. The molecule has 5 nitrogen and oxygen atoms in total. The van der Waals surface area contributed by atoms with Gasteiger partial charge >= 0.3 is 5.97 Å². The Bertz CT molecular complexity index is 581. The van der Waals surface area contributed by atoms with Crippen LogP contribution in [0, 0.1) is 0 Å². The van der Waals surface area contributed by atoms with Crippen LogP contribution in [0.4, 0.5) is 0 Å². The SMILES string of the molecule is NS(=O)(=O)c1cc(Cl)cc(C(=O)OC2CCC2)c1. The van der Waals surface area contributed by atoms with E-state index in [1.807, 2.05) is 0 Å². The number of ether oxygens (including phenoxy) is 1. The first-order valence-electron chi connectivity index (χ1n) is 5.40. The van der Waals surface area contributed by atoms with Crippen LogP contribution < -0.4 is 5.14 Å². The third-order valence-corrected chi connectivity index (χ3v) is 3.87. The highest BCUT2D eigenvalue weighted by Crippen LogP contribution is 2.24. The van der Waals surface area contributed by atoms with Gasteiger partial charge in [0.15, 0.2) is 0 Å². The zero-order valence-corrected chi connectivity index (χ0v) is 11.0. The van der Waals surface area contributed by atoms with E-state index in [1.54, 1.807) is 0 Å². The molecule has 98 valence electrons. The fraction of sp³-hybridized carbons (Fsp3) is 0.364. The number of benzene rings is 1. The summed E-state index contributed by atoms with van der Waals surface area (Å²) in [6.45, 7) is 0. The Labute approximate surface area is 110 Å². The van der Waals surface area contributed by atoms with Crippen molar-refractivity contribution in [3.63, 3.8) is 0 Å². The number of hydrogen-bond donors (Lipinski definition) is 1. The third kappa shape index (κ3) is 3.01.